The minimum Gasteiger partial charge on any atom is -0.486 e. The highest BCUT2D eigenvalue weighted by atomic mass is 16.5. The van der Waals surface area contributed by atoms with E-state index in [4.69, 9.17) is 4.74 Å². The minimum absolute atomic E-state index is 0.0425. The van der Waals surface area contributed by atoms with Gasteiger partial charge in [-0.25, -0.2) is 0 Å². The molecule has 23 heavy (non-hydrogen) atoms. The SMILES string of the molecule is CCC1CNc2cc(C(=O)C(C)N3CCCCCC3)ccc2O1. The number of nitrogens with one attached hydrogen (secondary N) is 1. The van der Waals surface area contributed by atoms with Crippen LogP contribution in [0, 0.1) is 0 Å². The third-order valence-electron chi connectivity index (χ3n) is 5.10. The largest absolute Gasteiger partial charge is 0.486 e. The second-order valence-corrected chi connectivity index (χ2v) is 6.73. The van der Waals surface area contributed by atoms with Gasteiger partial charge in [-0.1, -0.05) is 19.8 Å². The summed E-state index contributed by atoms with van der Waals surface area (Å²) in [5.41, 5.74) is 1.73. The van der Waals surface area contributed by atoms with Crippen LogP contribution in [0.5, 0.6) is 5.75 Å². The van der Waals surface area contributed by atoms with Crippen LogP contribution >= 0.6 is 0 Å². The summed E-state index contributed by atoms with van der Waals surface area (Å²) in [6.45, 7) is 7.06. The van der Waals surface area contributed by atoms with Gasteiger partial charge in [0.15, 0.2) is 5.78 Å². The smallest absolute Gasteiger partial charge is 0.179 e. The number of Topliss-reactive ketones (excluding diaryl/α,β-unsaturated/α-hetero) is 1. The van der Waals surface area contributed by atoms with Crippen LogP contribution < -0.4 is 10.1 Å². The van der Waals surface area contributed by atoms with Gasteiger partial charge < -0.3 is 10.1 Å². The van der Waals surface area contributed by atoms with E-state index >= 15 is 0 Å². The van der Waals surface area contributed by atoms with Gasteiger partial charge in [-0.15, -0.1) is 0 Å². The lowest BCUT2D eigenvalue weighted by molar-refractivity contribution is 0.0842. The first-order chi connectivity index (χ1) is 11.2. The van der Waals surface area contributed by atoms with Crippen LogP contribution in [0.3, 0.4) is 0 Å². The predicted molar refractivity (Wildman–Crippen MR) is 93.5 cm³/mol. The van der Waals surface area contributed by atoms with Crippen LogP contribution in [0.4, 0.5) is 5.69 Å². The lowest BCUT2D eigenvalue weighted by atomic mass is 10.0. The van der Waals surface area contributed by atoms with Crippen LogP contribution in [-0.4, -0.2) is 42.5 Å². The van der Waals surface area contributed by atoms with E-state index in [2.05, 4.69) is 17.1 Å². The molecule has 4 heteroatoms. The monoisotopic (exact) mass is 316 g/mol. The molecule has 0 amide bonds. The van der Waals surface area contributed by atoms with E-state index < -0.39 is 0 Å². The zero-order valence-corrected chi connectivity index (χ0v) is 14.3. The summed E-state index contributed by atoms with van der Waals surface area (Å²) in [6.07, 6.45) is 6.19. The van der Waals surface area contributed by atoms with Gasteiger partial charge in [-0.2, -0.15) is 0 Å². The summed E-state index contributed by atoms with van der Waals surface area (Å²) >= 11 is 0. The second kappa shape index (κ2) is 7.35. The summed E-state index contributed by atoms with van der Waals surface area (Å²) in [4.78, 5) is 15.2. The number of anilines is 1. The first-order valence-corrected chi connectivity index (χ1v) is 9.02. The number of ketones is 1. The van der Waals surface area contributed by atoms with Crippen LogP contribution in [-0.2, 0) is 0 Å². The summed E-state index contributed by atoms with van der Waals surface area (Å²) in [6, 6.07) is 5.76. The maximum absolute atomic E-state index is 12.9. The highest BCUT2D eigenvalue weighted by Gasteiger charge is 2.25. The fraction of sp³-hybridized carbons (Fsp3) is 0.632. The Balaban J connectivity index is 1.72. The minimum atomic E-state index is -0.0425. The molecule has 1 aromatic rings. The molecule has 2 unspecified atom stereocenters. The lowest BCUT2D eigenvalue weighted by Crippen LogP contribution is -2.39. The molecule has 0 saturated carbocycles. The number of ether oxygens (including phenoxy) is 1. The number of hydrogen-bond donors (Lipinski definition) is 1. The third kappa shape index (κ3) is 3.69. The first kappa shape index (κ1) is 16.3. The Hall–Kier alpha value is -1.55. The number of carbonyl (C=O) groups excluding carboxylic acids is 1. The average Bonchev–Trinajstić information content (AvgIpc) is 2.88. The van der Waals surface area contributed by atoms with Crippen molar-refractivity contribution in [1.29, 1.82) is 0 Å². The standard InChI is InChI=1S/C19H28N2O2/c1-3-16-13-20-17-12-15(8-9-18(17)23-16)19(22)14(2)21-10-6-4-5-7-11-21/h8-9,12,14,16,20H,3-7,10-11,13H2,1-2H3. The van der Waals surface area contributed by atoms with Gasteiger partial charge in [0.25, 0.3) is 0 Å². The molecular formula is C19H28N2O2. The molecule has 3 rings (SSSR count). The Morgan fingerprint density at radius 3 is 2.74 bits per heavy atom. The van der Waals surface area contributed by atoms with Gasteiger partial charge in [0.2, 0.25) is 0 Å². The number of nitrogens with zero attached hydrogens (tertiary/aromatic N) is 1. The number of rotatable bonds is 4. The Bertz CT molecular complexity index is 550. The third-order valence-corrected chi connectivity index (χ3v) is 5.10. The number of benzene rings is 1. The van der Waals surface area contributed by atoms with Crippen LogP contribution in [0.1, 0.15) is 56.3 Å². The van der Waals surface area contributed by atoms with E-state index in [0.717, 1.165) is 43.1 Å². The summed E-state index contributed by atoms with van der Waals surface area (Å²) in [7, 11) is 0. The molecule has 0 radical (unpaired) electrons. The molecule has 1 aromatic carbocycles. The van der Waals surface area contributed by atoms with Crippen molar-refractivity contribution in [3.8, 4) is 5.75 Å². The maximum atomic E-state index is 12.9. The number of likely N-dealkylation sites (tertiary alicyclic amines) is 1. The van der Waals surface area contributed by atoms with Crippen molar-refractivity contribution in [3.63, 3.8) is 0 Å². The number of fused-ring (bicyclic) bond motifs is 1. The zero-order chi connectivity index (χ0) is 16.2. The highest BCUT2D eigenvalue weighted by molar-refractivity contribution is 6.01. The Labute approximate surface area is 139 Å². The maximum Gasteiger partial charge on any atom is 0.179 e. The van der Waals surface area contributed by atoms with E-state index in [1.807, 2.05) is 25.1 Å². The zero-order valence-electron chi connectivity index (χ0n) is 14.3. The van der Waals surface area contributed by atoms with Crippen molar-refractivity contribution in [2.75, 3.05) is 25.0 Å². The van der Waals surface area contributed by atoms with E-state index in [1.165, 1.54) is 25.7 Å². The van der Waals surface area contributed by atoms with Crippen LogP contribution in [0.15, 0.2) is 18.2 Å². The van der Waals surface area contributed by atoms with Crippen molar-refractivity contribution in [1.82, 2.24) is 4.90 Å². The molecule has 1 fully saturated rings. The van der Waals surface area contributed by atoms with Crippen molar-refractivity contribution in [2.45, 2.75) is 58.1 Å². The number of hydrogen-bond acceptors (Lipinski definition) is 4. The summed E-state index contributed by atoms with van der Waals surface area (Å²) in [5, 5.41) is 3.40. The van der Waals surface area contributed by atoms with Gasteiger partial charge >= 0.3 is 0 Å². The summed E-state index contributed by atoms with van der Waals surface area (Å²) < 4.78 is 5.92. The van der Waals surface area contributed by atoms with Crippen molar-refractivity contribution >= 4 is 11.5 Å². The van der Waals surface area contributed by atoms with Crippen molar-refractivity contribution in [2.24, 2.45) is 0 Å². The van der Waals surface area contributed by atoms with Crippen molar-refractivity contribution in [3.05, 3.63) is 23.8 Å². The molecule has 2 aliphatic rings. The second-order valence-electron chi connectivity index (χ2n) is 6.73. The van der Waals surface area contributed by atoms with Crippen LogP contribution in [0.25, 0.3) is 0 Å². The van der Waals surface area contributed by atoms with E-state index in [0.29, 0.717) is 0 Å². The highest BCUT2D eigenvalue weighted by Crippen LogP contribution is 2.31. The van der Waals surface area contributed by atoms with E-state index in [-0.39, 0.29) is 17.9 Å². The molecule has 1 saturated heterocycles. The normalized spacial score (nSPS) is 23.1. The number of carbonyl (C=O) groups is 1. The van der Waals surface area contributed by atoms with Gasteiger partial charge in [0, 0.05) is 5.56 Å². The molecule has 126 valence electrons. The molecular weight excluding hydrogens is 288 g/mol. The van der Waals surface area contributed by atoms with Gasteiger partial charge in [0.05, 0.1) is 18.3 Å². The van der Waals surface area contributed by atoms with Crippen molar-refractivity contribution < 1.29 is 9.53 Å². The average molecular weight is 316 g/mol. The first-order valence-electron chi connectivity index (χ1n) is 9.02. The fourth-order valence-corrected chi connectivity index (χ4v) is 3.49. The molecule has 2 atom stereocenters. The Morgan fingerprint density at radius 2 is 2.04 bits per heavy atom. The van der Waals surface area contributed by atoms with Gasteiger partial charge in [-0.3, -0.25) is 9.69 Å². The van der Waals surface area contributed by atoms with Gasteiger partial charge in [-0.05, 0) is 57.5 Å². The van der Waals surface area contributed by atoms with E-state index in [1.54, 1.807) is 0 Å². The van der Waals surface area contributed by atoms with E-state index in [9.17, 15) is 4.79 Å². The molecule has 0 bridgehead atoms. The molecule has 0 aromatic heterocycles. The fourth-order valence-electron chi connectivity index (χ4n) is 3.49. The molecule has 0 aliphatic carbocycles. The Kier molecular flexibility index (Phi) is 5.21. The van der Waals surface area contributed by atoms with Crippen LogP contribution in [0.2, 0.25) is 0 Å². The molecule has 2 heterocycles. The van der Waals surface area contributed by atoms with Gasteiger partial charge in [0.1, 0.15) is 11.9 Å². The molecule has 4 nitrogen and oxygen atoms in total. The summed E-state index contributed by atoms with van der Waals surface area (Å²) in [5.74, 6) is 1.08. The molecule has 1 N–H and O–H groups in total. The quantitative estimate of drug-likeness (QED) is 0.860. The topological polar surface area (TPSA) is 41.6 Å². The predicted octanol–water partition coefficient (Wildman–Crippen LogP) is 3.72. The molecule has 0 spiro atoms. The molecule has 2 aliphatic heterocycles. The lowest BCUT2D eigenvalue weighted by Gasteiger charge is -2.28. The Morgan fingerprint density at radius 1 is 1.30 bits per heavy atom.